The molecule has 0 radical (unpaired) electrons. The first-order valence-electron chi connectivity index (χ1n) is 20.1. The van der Waals surface area contributed by atoms with E-state index in [2.05, 4.69) is 214 Å². The Labute approximate surface area is 340 Å². The average molecular weight is 756 g/mol. The summed E-state index contributed by atoms with van der Waals surface area (Å²) in [5.74, 6) is 1.68. The van der Waals surface area contributed by atoms with Crippen LogP contribution in [0.25, 0.3) is 105 Å². The molecule has 12 aromatic rings. The Kier molecular flexibility index (Phi) is 7.23. The fraction of sp³-hybridized carbons (Fsp3) is 0.0185. The van der Waals surface area contributed by atoms with E-state index in [0.29, 0.717) is 0 Å². The highest BCUT2D eigenvalue weighted by atomic mass is 15.2. The number of hydrogen-bond acceptors (Lipinski definition) is 1. The number of benzene rings is 7. The van der Waals surface area contributed by atoms with Gasteiger partial charge in [-0.2, -0.15) is 0 Å². The fourth-order valence-electron chi connectivity index (χ4n) is 9.67. The van der Waals surface area contributed by atoms with Crippen LogP contribution < -0.4 is 0 Å². The third kappa shape index (κ3) is 4.70. The molecule has 5 heterocycles. The number of aryl methyl sites for hydroxylation is 1. The standard InChI is InChI=1S/C54H37N5/c1-3-4-25-44-35(2)37-20-8-13-26-45(37)57(44)51-34-33-50(54(55-51)59-48-29-16-9-21-38(48)39-22-10-17-30-49(39)59)58-47-28-15-12-24-41(47)43-32-31-42-40-23-11-14-27-46(40)56(52(42)53(43)58)36-18-6-5-7-19-36/h3-34H,1H2,2H3/b25-4-. The minimum Gasteiger partial charge on any atom is -0.307 e. The molecule has 0 aliphatic rings. The number of nitrogens with zero attached hydrogens (tertiary/aromatic N) is 5. The van der Waals surface area contributed by atoms with E-state index in [-0.39, 0.29) is 0 Å². The van der Waals surface area contributed by atoms with Gasteiger partial charge in [-0.15, -0.1) is 0 Å². The summed E-state index contributed by atoms with van der Waals surface area (Å²) in [6.07, 6.45) is 5.98. The van der Waals surface area contributed by atoms with E-state index in [0.717, 1.165) is 61.8 Å². The van der Waals surface area contributed by atoms with Crippen LogP contribution in [-0.2, 0) is 0 Å². The maximum atomic E-state index is 5.83. The Bertz CT molecular complexity index is 3650. The maximum absolute atomic E-state index is 5.83. The topological polar surface area (TPSA) is 32.6 Å². The monoisotopic (exact) mass is 755 g/mol. The molecule has 0 N–H and O–H groups in total. The summed E-state index contributed by atoms with van der Waals surface area (Å²) >= 11 is 0. The first-order chi connectivity index (χ1) is 29.2. The molecule has 0 bridgehead atoms. The van der Waals surface area contributed by atoms with E-state index in [1.54, 1.807) is 0 Å². The summed E-state index contributed by atoms with van der Waals surface area (Å²) in [6, 6.07) is 63.4. The van der Waals surface area contributed by atoms with Crippen LogP contribution in [0.1, 0.15) is 11.3 Å². The van der Waals surface area contributed by atoms with Gasteiger partial charge in [0.2, 0.25) is 0 Å². The molecular weight excluding hydrogens is 719 g/mol. The lowest BCUT2D eigenvalue weighted by Gasteiger charge is -2.19. The first kappa shape index (κ1) is 33.3. The van der Waals surface area contributed by atoms with Crippen molar-refractivity contribution in [2.24, 2.45) is 0 Å². The van der Waals surface area contributed by atoms with Gasteiger partial charge in [-0.3, -0.25) is 9.13 Å². The second-order valence-electron chi connectivity index (χ2n) is 15.2. The largest absolute Gasteiger partial charge is 0.307 e. The molecule has 5 heteroatoms. The number of pyridine rings is 1. The molecule has 0 atom stereocenters. The molecule has 0 fully saturated rings. The van der Waals surface area contributed by atoms with Crippen LogP contribution in [0.3, 0.4) is 0 Å². The van der Waals surface area contributed by atoms with Gasteiger partial charge < -0.3 is 9.13 Å². The van der Waals surface area contributed by atoms with Gasteiger partial charge in [0.25, 0.3) is 0 Å². The van der Waals surface area contributed by atoms with Crippen LogP contribution in [0, 0.1) is 6.92 Å². The van der Waals surface area contributed by atoms with Crippen molar-refractivity contribution in [2.75, 3.05) is 0 Å². The van der Waals surface area contributed by atoms with Gasteiger partial charge in [-0.25, -0.2) is 4.98 Å². The smallest absolute Gasteiger partial charge is 0.164 e. The Hall–Kier alpha value is -7.89. The van der Waals surface area contributed by atoms with Crippen LogP contribution >= 0.6 is 0 Å². The van der Waals surface area contributed by atoms with E-state index >= 15 is 0 Å². The van der Waals surface area contributed by atoms with Crippen molar-refractivity contribution < 1.29 is 0 Å². The van der Waals surface area contributed by atoms with E-state index in [4.69, 9.17) is 4.98 Å². The van der Waals surface area contributed by atoms with Gasteiger partial charge in [-0.1, -0.05) is 140 Å². The predicted molar refractivity (Wildman–Crippen MR) is 248 cm³/mol. The molecule has 0 amide bonds. The number of allylic oxidation sites excluding steroid dienone is 2. The van der Waals surface area contributed by atoms with Crippen LogP contribution in [-0.4, -0.2) is 23.3 Å². The third-order valence-electron chi connectivity index (χ3n) is 12.1. The second-order valence-corrected chi connectivity index (χ2v) is 15.2. The van der Waals surface area contributed by atoms with Gasteiger partial charge in [0.05, 0.1) is 50.0 Å². The third-order valence-corrected chi connectivity index (χ3v) is 12.1. The normalized spacial score (nSPS) is 12.2. The number of hydrogen-bond donors (Lipinski definition) is 0. The number of aromatic nitrogens is 5. The molecule has 278 valence electrons. The molecule has 0 spiro atoms. The van der Waals surface area contributed by atoms with Crippen molar-refractivity contribution in [3.05, 3.63) is 206 Å². The van der Waals surface area contributed by atoms with Crippen molar-refractivity contribution in [1.29, 1.82) is 0 Å². The minimum absolute atomic E-state index is 0.836. The van der Waals surface area contributed by atoms with Crippen LogP contribution in [0.2, 0.25) is 0 Å². The van der Waals surface area contributed by atoms with Crippen molar-refractivity contribution in [1.82, 2.24) is 23.3 Å². The molecule has 0 aliphatic heterocycles. The van der Waals surface area contributed by atoms with Gasteiger partial charge in [0, 0.05) is 43.4 Å². The molecule has 5 nitrogen and oxygen atoms in total. The van der Waals surface area contributed by atoms with Crippen LogP contribution in [0.5, 0.6) is 0 Å². The molecular formula is C54H37N5. The predicted octanol–water partition coefficient (Wildman–Crippen LogP) is 13.8. The average Bonchev–Trinajstić information content (AvgIpc) is 4.01. The molecule has 12 rings (SSSR count). The van der Waals surface area contributed by atoms with E-state index < -0.39 is 0 Å². The minimum atomic E-state index is 0.836. The quantitative estimate of drug-likeness (QED) is 0.156. The highest BCUT2D eigenvalue weighted by Crippen LogP contribution is 2.44. The van der Waals surface area contributed by atoms with E-state index in [1.165, 1.54) is 48.8 Å². The van der Waals surface area contributed by atoms with Crippen LogP contribution in [0.4, 0.5) is 0 Å². The second kappa shape index (κ2) is 12.8. The molecule has 0 aliphatic carbocycles. The van der Waals surface area contributed by atoms with Gasteiger partial charge in [0.15, 0.2) is 5.82 Å². The summed E-state index contributed by atoms with van der Waals surface area (Å²) in [6.45, 7) is 6.19. The highest BCUT2D eigenvalue weighted by Gasteiger charge is 2.25. The Balaban J connectivity index is 1.29. The summed E-state index contributed by atoms with van der Waals surface area (Å²) in [5.41, 5.74) is 12.3. The van der Waals surface area contributed by atoms with Crippen molar-refractivity contribution in [3.63, 3.8) is 0 Å². The number of fused-ring (bicyclic) bond motifs is 11. The first-order valence-corrected chi connectivity index (χ1v) is 20.1. The molecule has 0 unspecified atom stereocenters. The summed E-state index contributed by atoms with van der Waals surface area (Å²) in [7, 11) is 0. The highest BCUT2D eigenvalue weighted by molar-refractivity contribution is 6.24. The summed E-state index contributed by atoms with van der Waals surface area (Å²) < 4.78 is 9.58. The fourth-order valence-corrected chi connectivity index (χ4v) is 9.67. The Morgan fingerprint density at radius 1 is 0.424 bits per heavy atom. The van der Waals surface area contributed by atoms with Gasteiger partial charge in [-0.05, 0) is 73.2 Å². The lowest BCUT2D eigenvalue weighted by Crippen LogP contribution is -2.10. The zero-order chi connectivity index (χ0) is 39.2. The lowest BCUT2D eigenvalue weighted by molar-refractivity contribution is 0.962. The Morgan fingerprint density at radius 3 is 1.46 bits per heavy atom. The van der Waals surface area contributed by atoms with Gasteiger partial charge >= 0.3 is 0 Å². The Morgan fingerprint density at radius 2 is 0.881 bits per heavy atom. The van der Waals surface area contributed by atoms with Crippen molar-refractivity contribution in [2.45, 2.75) is 6.92 Å². The summed E-state index contributed by atoms with van der Waals surface area (Å²) in [5, 5.41) is 8.37. The molecule has 0 saturated carbocycles. The summed E-state index contributed by atoms with van der Waals surface area (Å²) in [4.78, 5) is 5.83. The van der Waals surface area contributed by atoms with Gasteiger partial charge in [0.1, 0.15) is 5.82 Å². The van der Waals surface area contributed by atoms with E-state index in [1.807, 2.05) is 12.2 Å². The molecule has 5 aromatic heterocycles. The van der Waals surface area contributed by atoms with Crippen molar-refractivity contribution in [3.8, 4) is 23.0 Å². The SMILES string of the molecule is C=C/C=C\c1c(C)c2ccccc2n1-c1ccc(-n2c3ccccc3c3ccc4c5ccccc5n(-c5ccccc5)c4c32)c(-n2c3ccccc3c3ccccc32)n1. The molecule has 59 heavy (non-hydrogen) atoms. The number of para-hydroxylation sites is 6. The van der Waals surface area contributed by atoms with Crippen LogP contribution in [0.15, 0.2) is 195 Å². The lowest BCUT2D eigenvalue weighted by atomic mass is 10.1. The number of rotatable bonds is 6. The molecule has 0 saturated heterocycles. The zero-order valence-electron chi connectivity index (χ0n) is 32.4. The zero-order valence-corrected chi connectivity index (χ0v) is 32.4. The maximum Gasteiger partial charge on any atom is 0.164 e. The molecule has 7 aromatic carbocycles. The van der Waals surface area contributed by atoms with Crippen molar-refractivity contribution >= 4 is 82.4 Å². The van der Waals surface area contributed by atoms with E-state index in [9.17, 15) is 0 Å².